The number of carbonyl (C=O) groups is 1. The molecule has 6 heteroatoms. The number of likely N-dealkylation sites (tertiary alicyclic amines) is 1. The zero-order valence-electron chi connectivity index (χ0n) is 22.9. The minimum Gasteiger partial charge on any atom is -0.485 e. The van der Waals surface area contributed by atoms with E-state index in [9.17, 15) is 4.79 Å². The molecule has 5 rings (SSSR count). The number of hydrogen-bond acceptors (Lipinski definition) is 5. The van der Waals surface area contributed by atoms with Gasteiger partial charge in [0.2, 0.25) is 0 Å². The molecular formula is C32H40N2O4. The second kappa shape index (κ2) is 11.6. The first-order valence-corrected chi connectivity index (χ1v) is 13.4. The molecule has 0 aliphatic carbocycles. The van der Waals surface area contributed by atoms with Crippen molar-refractivity contribution in [2.45, 2.75) is 64.6 Å². The SMILES string of the molecule is Cc1c(C)c2c(c(C)c1N)C[C@@](C)(CN1CCC(c3ccccc3)CC1)O2.O=C(O)[C@@H](O)c1ccccc1. The first-order valence-electron chi connectivity index (χ1n) is 13.4. The molecule has 0 radical (unpaired) electrons. The van der Waals surface area contributed by atoms with E-state index in [1.54, 1.807) is 30.3 Å². The fraction of sp³-hybridized carbons (Fsp3) is 0.406. The predicted molar refractivity (Wildman–Crippen MR) is 152 cm³/mol. The highest BCUT2D eigenvalue weighted by Crippen LogP contribution is 2.44. The van der Waals surface area contributed by atoms with Crippen LogP contribution in [0.1, 0.15) is 65.2 Å². The molecule has 0 unspecified atom stereocenters. The average molecular weight is 517 g/mol. The maximum absolute atomic E-state index is 10.2. The largest absolute Gasteiger partial charge is 0.485 e. The van der Waals surface area contributed by atoms with Crippen LogP contribution in [0.15, 0.2) is 60.7 Å². The maximum atomic E-state index is 10.2. The number of aliphatic carboxylic acids is 1. The Morgan fingerprint density at radius 1 is 1.00 bits per heavy atom. The number of fused-ring (bicyclic) bond motifs is 1. The first kappa shape index (κ1) is 27.7. The number of aliphatic hydroxyl groups excluding tert-OH is 1. The normalized spacial score (nSPS) is 20.1. The zero-order valence-corrected chi connectivity index (χ0v) is 22.9. The second-order valence-electron chi connectivity index (χ2n) is 10.9. The Morgan fingerprint density at radius 3 is 2.16 bits per heavy atom. The molecule has 0 spiro atoms. The van der Waals surface area contributed by atoms with Gasteiger partial charge in [-0.25, -0.2) is 4.79 Å². The fourth-order valence-electron chi connectivity index (χ4n) is 5.71. The highest BCUT2D eigenvalue weighted by molar-refractivity contribution is 5.73. The summed E-state index contributed by atoms with van der Waals surface area (Å²) in [5, 5.41) is 17.4. The molecule has 0 aromatic heterocycles. The van der Waals surface area contributed by atoms with Crippen LogP contribution in [0.4, 0.5) is 5.69 Å². The monoisotopic (exact) mass is 516 g/mol. The number of aliphatic hydroxyl groups is 1. The van der Waals surface area contributed by atoms with Gasteiger partial charge in [0.25, 0.3) is 0 Å². The number of piperidine rings is 1. The Hall–Kier alpha value is -3.35. The molecule has 4 N–H and O–H groups in total. The summed E-state index contributed by atoms with van der Waals surface area (Å²) in [5.74, 6) is 0.556. The highest BCUT2D eigenvalue weighted by atomic mass is 16.5. The average Bonchev–Trinajstić information content (AvgIpc) is 3.29. The van der Waals surface area contributed by atoms with Gasteiger partial charge in [-0.3, -0.25) is 4.90 Å². The van der Waals surface area contributed by atoms with Crippen molar-refractivity contribution in [3.8, 4) is 5.75 Å². The lowest BCUT2D eigenvalue weighted by molar-refractivity contribution is -0.146. The summed E-state index contributed by atoms with van der Waals surface area (Å²) in [6.07, 6.45) is 2.02. The highest BCUT2D eigenvalue weighted by Gasteiger charge is 2.39. The van der Waals surface area contributed by atoms with Gasteiger partial charge in [-0.05, 0) is 87.4 Å². The van der Waals surface area contributed by atoms with E-state index in [1.165, 1.54) is 40.7 Å². The van der Waals surface area contributed by atoms with Gasteiger partial charge >= 0.3 is 5.97 Å². The second-order valence-corrected chi connectivity index (χ2v) is 10.9. The van der Waals surface area contributed by atoms with E-state index in [2.05, 4.69) is 62.9 Å². The van der Waals surface area contributed by atoms with Crippen molar-refractivity contribution < 1.29 is 19.7 Å². The van der Waals surface area contributed by atoms with Crippen molar-refractivity contribution in [3.05, 3.63) is 94.0 Å². The molecule has 3 aromatic rings. The smallest absolute Gasteiger partial charge is 0.337 e. The Labute approximate surface area is 226 Å². The number of hydrogen-bond donors (Lipinski definition) is 3. The van der Waals surface area contributed by atoms with Crippen LogP contribution in [0.3, 0.4) is 0 Å². The molecule has 1 fully saturated rings. The van der Waals surface area contributed by atoms with Gasteiger partial charge in [0, 0.05) is 24.2 Å². The summed E-state index contributed by atoms with van der Waals surface area (Å²) in [4.78, 5) is 12.8. The molecular weight excluding hydrogens is 476 g/mol. The van der Waals surface area contributed by atoms with Crippen LogP contribution in [-0.4, -0.2) is 46.3 Å². The first-order chi connectivity index (χ1) is 18.1. The molecule has 0 amide bonds. The molecule has 3 aromatic carbocycles. The van der Waals surface area contributed by atoms with Gasteiger partial charge in [-0.1, -0.05) is 60.7 Å². The molecule has 2 aliphatic rings. The van der Waals surface area contributed by atoms with E-state index < -0.39 is 12.1 Å². The van der Waals surface area contributed by atoms with Gasteiger partial charge in [-0.15, -0.1) is 0 Å². The van der Waals surface area contributed by atoms with Gasteiger partial charge in [0.1, 0.15) is 11.4 Å². The fourth-order valence-corrected chi connectivity index (χ4v) is 5.71. The van der Waals surface area contributed by atoms with Gasteiger partial charge in [-0.2, -0.15) is 0 Å². The van der Waals surface area contributed by atoms with Crippen molar-refractivity contribution in [1.29, 1.82) is 0 Å². The van der Waals surface area contributed by atoms with E-state index in [0.717, 1.165) is 37.5 Å². The molecule has 0 bridgehead atoms. The van der Waals surface area contributed by atoms with Crippen LogP contribution < -0.4 is 10.5 Å². The molecule has 2 aliphatic heterocycles. The molecule has 6 nitrogen and oxygen atoms in total. The number of nitrogens with zero attached hydrogens (tertiary/aromatic N) is 1. The number of anilines is 1. The van der Waals surface area contributed by atoms with E-state index in [4.69, 9.17) is 20.7 Å². The molecule has 2 heterocycles. The van der Waals surface area contributed by atoms with Crippen LogP contribution in [0.25, 0.3) is 0 Å². The van der Waals surface area contributed by atoms with E-state index in [0.29, 0.717) is 11.5 Å². The number of rotatable bonds is 5. The van der Waals surface area contributed by atoms with Crippen LogP contribution >= 0.6 is 0 Å². The standard InChI is InChI=1S/C24H32N2O.C8H8O3/c1-16-17(2)23-21(18(3)22(16)25)14-24(4,27-23)15-26-12-10-20(11-13-26)19-8-6-5-7-9-19;9-7(8(10)11)6-4-2-1-3-5-6/h5-9,20H,10-15,25H2,1-4H3;1-5,7,9H,(H,10,11)/t24-;7-/m00/s1. The summed E-state index contributed by atoms with van der Waals surface area (Å²) in [5.41, 5.74) is 13.9. The van der Waals surface area contributed by atoms with E-state index in [1.807, 2.05) is 0 Å². The van der Waals surface area contributed by atoms with Crippen molar-refractivity contribution in [1.82, 2.24) is 4.90 Å². The van der Waals surface area contributed by atoms with Crippen molar-refractivity contribution in [3.63, 3.8) is 0 Å². The number of carboxylic acid groups (broad SMARTS) is 1. The third kappa shape index (κ3) is 6.03. The number of ether oxygens (including phenoxy) is 1. The number of nitrogen functional groups attached to an aromatic ring is 1. The Bertz CT molecular complexity index is 1210. The topological polar surface area (TPSA) is 96.0 Å². The molecule has 38 heavy (non-hydrogen) atoms. The van der Waals surface area contributed by atoms with E-state index in [-0.39, 0.29) is 5.60 Å². The Balaban J connectivity index is 0.000000257. The summed E-state index contributed by atoms with van der Waals surface area (Å²) < 4.78 is 6.56. The minimum atomic E-state index is -1.41. The van der Waals surface area contributed by atoms with Crippen molar-refractivity contribution in [2.24, 2.45) is 0 Å². The quantitative estimate of drug-likeness (QED) is 0.384. The Kier molecular flexibility index (Phi) is 8.44. The Morgan fingerprint density at radius 2 is 1.58 bits per heavy atom. The van der Waals surface area contributed by atoms with Crippen LogP contribution in [0.5, 0.6) is 5.75 Å². The van der Waals surface area contributed by atoms with Gasteiger partial charge < -0.3 is 20.7 Å². The van der Waals surface area contributed by atoms with Crippen LogP contribution in [0.2, 0.25) is 0 Å². The van der Waals surface area contributed by atoms with Crippen LogP contribution in [0, 0.1) is 20.8 Å². The molecule has 0 saturated carbocycles. The van der Waals surface area contributed by atoms with Crippen molar-refractivity contribution >= 4 is 11.7 Å². The van der Waals surface area contributed by atoms with Gasteiger partial charge in [0.05, 0.1) is 0 Å². The number of nitrogens with two attached hydrogens (primary N) is 1. The summed E-state index contributed by atoms with van der Waals surface area (Å²) in [7, 11) is 0. The minimum absolute atomic E-state index is 0.155. The lowest BCUT2D eigenvalue weighted by Crippen LogP contribution is -2.47. The lowest BCUT2D eigenvalue weighted by atomic mass is 9.88. The summed E-state index contributed by atoms with van der Waals surface area (Å²) in [6.45, 7) is 11.9. The molecule has 1 saturated heterocycles. The number of carboxylic acids is 1. The zero-order chi connectivity index (χ0) is 27.4. The summed E-state index contributed by atoms with van der Waals surface area (Å²) in [6, 6.07) is 19.2. The van der Waals surface area contributed by atoms with Crippen molar-refractivity contribution in [2.75, 3.05) is 25.4 Å². The summed E-state index contributed by atoms with van der Waals surface area (Å²) >= 11 is 0. The third-order valence-corrected chi connectivity index (χ3v) is 8.10. The molecule has 2 atom stereocenters. The lowest BCUT2D eigenvalue weighted by Gasteiger charge is -2.37. The number of benzene rings is 3. The third-order valence-electron chi connectivity index (χ3n) is 8.10. The maximum Gasteiger partial charge on any atom is 0.337 e. The van der Waals surface area contributed by atoms with Gasteiger partial charge in [0.15, 0.2) is 6.10 Å². The molecule has 202 valence electrons. The van der Waals surface area contributed by atoms with E-state index >= 15 is 0 Å². The van der Waals surface area contributed by atoms with Crippen LogP contribution in [-0.2, 0) is 11.2 Å². The predicted octanol–water partition coefficient (Wildman–Crippen LogP) is 5.57.